The predicted octanol–water partition coefficient (Wildman–Crippen LogP) is 2.80. The van der Waals surface area contributed by atoms with E-state index in [2.05, 4.69) is 0 Å². The number of carbonyl (C=O) groups is 1. The van der Waals surface area contributed by atoms with E-state index in [1.54, 1.807) is 6.92 Å². The zero-order chi connectivity index (χ0) is 17.7. The van der Waals surface area contributed by atoms with Crippen molar-refractivity contribution in [3.63, 3.8) is 0 Å². The number of hydrogen-bond acceptors (Lipinski definition) is 7. The number of rotatable bonds is 6. The highest BCUT2D eigenvalue weighted by Crippen LogP contribution is 2.23. The van der Waals surface area contributed by atoms with E-state index in [0.29, 0.717) is 11.3 Å². The van der Waals surface area contributed by atoms with Gasteiger partial charge in [0.25, 0.3) is 11.4 Å². The second-order valence-corrected chi connectivity index (χ2v) is 4.72. The molecule has 0 aliphatic rings. The van der Waals surface area contributed by atoms with Gasteiger partial charge in [-0.25, -0.2) is 4.79 Å². The number of nitro groups is 2. The maximum absolute atomic E-state index is 11.7. The van der Waals surface area contributed by atoms with Gasteiger partial charge in [0.15, 0.2) is 6.61 Å². The van der Waals surface area contributed by atoms with Gasteiger partial charge in [-0.3, -0.25) is 20.2 Å². The van der Waals surface area contributed by atoms with Crippen molar-refractivity contribution in [2.24, 2.45) is 0 Å². The number of aryl methyl sites for hydroxylation is 1. The number of esters is 1. The zero-order valence-corrected chi connectivity index (χ0v) is 12.5. The summed E-state index contributed by atoms with van der Waals surface area (Å²) in [6, 6.07) is 9.12. The van der Waals surface area contributed by atoms with Gasteiger partial charge in [-0.1, -0.05) is 0 Å². The lowest BCUT2D eigenvalue weighted by atomic mass is 10.2. The molecule has 0 bridgehead atoms. The zero-order valence-electron chi connectivity index (χ0n) is 12.5. The van der Waals surface area contributed by atoms with E-state index < -0.39 is 22.4 Å². The number of benzene rings is 2. The molecule has 0 fully saturated rings. The van der Waals surface area contributed by atoms with Crippen LogP contribution in [-0.2, 0) is 4.79 Å². The van der Waals surface area contributed by atoms with Crippen molar-refractivity contribution in [1.29, 1.82) is 0 Å². The first-order valence-corrected chi connectivity index (χ1v) is 6.70. The van der Waals surface area contributed by atoms with Gasteiger partial charge in [0.1, 0.15) is 11.5 Å². The summed E-state index contributed by atoms with van der Waals surface area (Å²) in [6.07, 6.45) is 0. The third kappa shape index (κ3) is 4.26. The van der Waals surface area contributed by atoms with E-state index in [4.69, 9.17) is 9.47 Å². The summed E-state index contributed by atoms with van der Waals surface area (Å²) in [4.78, 5) is 31.8. The van der Waals surface area contributed by atoms with Crippen LogP contribution in [0, 0.1) is 27.2 Å². The number of ether oxygens (including phenoxy) is 2. The Morgan fingerprint density at radius 2 is 1.62 bits per heavy atom. The maximum atomic E-state index is 11.7. The summed E-state index contributed by atoms with van der Waals surface area (Å²) in [5.74, 6) is -0.271. The topological polar surface area (TPSA) is 122 Å². The second-order valence-electron chi connectivity index (χ2n) is 4.72. The maximum Gasteiger partial charge on any atom is 0.349 e. The Labute approximate surface area is 135 Å². The fourth-order valence-corrected chi connectivity index (χ4v) is 1.86. The van der Waals surface area contributed by atoms with Crippen molar-refractivity contribution in [1.82, 2.24) is 0 Å². The third-order valence-corrected chi connectivity index (χ3v) is 3.00. The molecule has 0 saturated heterocycles. The summed E-state index contributed by atoms with van der Waals surface area (Å²) < 4.78 is 10.2. The highest BCUT2D eigenvalue weighted by molar-refractivity contribution is 5.74. The third-order valence-electron chi connectivity index (χ3n) is 3.00. The summed E-state index contributed by atoms with van der Waals surface area (Å²) in [7, 11) is 0. The van der Waals surface area contributed by atoms with Crippen LogP contribution in [0.4, 0.5) is 11.4 Å². The lowest BCUT2D eigenvalue weighted by molar-refractivity contribution is -0.385. The highest BCUT2D eigenvalue weighted by Gasteiger charge is 2.12. The van der Waals surface area contributed by atoms with Crippen molar-refractivity contribution >= 4 is 17.3 Å². The minimum atomic E-state index is -0.708. The van der Waals surface area contributed by atoms with Gasteiger partial charge < -0.3 is 9.47 Å². The number of non-ortho nitro benzene ring substituents is 1. The molecule has 0 aromatic heterocycles. The van der Waals surface area contributed by atoms with Crippen molar-refractivity contribution in [3.05, 3.63) is 68.3 Å². The van der Waals surface area contributed by atoms with Crippen molar-refractivity contribution in [2.75, 3.05) is 6.61 Å². The van der Waals surface area contributed by atoms with Gasteiger partial charge in [0, 0.05) is 23.8 Å². The van der Waals surface area contributed by atoms with Gasteiger partial charge in [-0.15, -0.1) is 0 Å². The molecule has 124 valence electrons. The number of nitro benzene ring substituents is 2. The summed E-state index contributed by atoms with van der Waals surface area (Å²) in [6.45, 7) is 1.15. The molecule has 0 radical (unpaired) electrons. The van der Waals surface area contributed by atoms with Crippen LogP contribution in [0.5, 0.6) is 11.5 Å². The van der Waals surface area contributed by atoms with Crippen molar-refractivity contribution < 1.29 is 24.1 Å². The van der Waals surface area contributed by atoms with E-state index in [-0.39, 0.29) is 17.1 Å². The molecule has 0 unspecified atom stereocenters. The normalized spacial score (nSPS) is 10.0. The Morgan fingerprint density at radius 1 is 1.00 bits per heavy atom. The Balaban J connectivity index is 1.92. The molecule has 0 heterocycles. The van der Waals surface area contributed by atoms with E-state index in [1.807, 2.05) is 0 Å². The van der Waals surface area contributed by atoms with Crippen LogP contribution in [0.2, 0.25) is 0 Å². The Hall–Kier alpha value is -3.49. The quantitative estimate of drug-likeness (QED) is 0.345. The standard InChI is InChI=1S/C15H12N2O7/c1-10-8-13(6-7-14(10)17(21)22)23-9-15(18)24-12-4-2-11(3-5-12)16(19)20/h2-8H,9H2,1H3. The monoisotopic (exact) mass is 332 g/mol. The molecule has 0 aliphatic carbocycles. The lowest BCUT2D eigenvalue weighted by Crippen LogP contribution is -2.17. The predicted molar refractivity (Wildman–Crippen MR) is 82.1 cm³/mol. The minimum Gasteiger partial charge on any atom is -0.482 e. The first-order valence-electron chi connectivity index (χ1n) is 6.70. The average Bonchev–Trinajstić information content (AvgIpc) is 2.53. The van der Waals surface area contributed by atoms with Gasteiger partial charge in [0.05, 0.1) is 9.85 Å². The molecule has 0 atom stereocenters. The molecule has 0 aliphatic heterocycles. The van der Waals surface area contributed by atoms with Crippen LogP contribution < -0.4 is 9.47 Å². The average molecular weight is 332 g/mol. The van der Waals surface area contributed by atoms with Crippen LogP contribution in [-0.4, -0.2) is 22.4 Å². The molecular formula is C15H12N2O7. The van der Waals surface area contributed by atoms with Crippen LogP contribution in [0.1, 0.15) is 5.56 Å². The molecule has 0 spiro atoms. The highest BCUT2D eigenvalue weighted by atomic mass is 16.6. The van der Waals surface area contributed by atoms with E-state index in [1.165, 1.54) is 42.5 Å². The molecule has 0 saturated carbocycles. The fourth-order valence-electron chi connectivity index (χ4n) is 1.86. The smallest absolute Gasteiger partial charge is 0.349 e. The fraction of sp³-hybridized carbons (Fsp3) is 0.133. The Bertz CT molecular complexity index is 787. The number of carbonyl (C=O) groups excluding carboxylic acids is 1. The molecule has 2 aromatic rings. The Kier molecular flexibility index (Phi) is 5.05. The lowest BCUT2D eigenvalue weighted by Gasteiger charge is -2.07. The SMILES string of the molecule is Cc1cc(OCC(=O)Oc2ccc([N+](=O)[O-])cc2)ccc1[N+](=O)[O-]. The van der Waals surface area contributed by atoms with Crippen LogP contribution in [0.25, 0.3) is 0 Å². The number of nitrogens with zero attached hydrogens (tertiary/aromatic N) is 2. The molecule has 9 heteroatoms. The van der Waals surface area contributed by atoms with E-state index in [9.17, 15) is 25.0 Å². The van der Waals surface area contributed by atoms with E-state index in [0.717, 1.165) is 0 Å². The van der Waals surface area contributed by atoms with Gasteiger partial charge in [-0.2, -0.15) is 0 Å². The summed E-state index contributed by atoms with van der Waals surface area (Å²) >= 11 is 0. The molecule has 24 heavy (non-hydrogen) atoms. The van der Waals surface area contributed by atoms with Gasteiger partial charge in [-0.05, 0) is 31.2 Å². The molecule has 2 rings (SSSR count). The molecule has 0 amide bonds. The van der Waals surface area contributed by atoms with Crippen molar-refractivity contribution in [2.45, 2.75) is 6.92 Å². The summed E-state index contributed by atoms with van der Waals surface area (Å²) in [5, 5.41) is 21.2. The van der Waals surface area contributed by atoms with Crippen molar-refractivity contribution in [3.8, 4) is 11.5 Å². The molecule has 9 nitrogen and oxygen atoms in total. The number of hydrogen-bond donors (Lipinski definition) is 0. The first kappa shape index (κ1) is 16.9. The second kappa shape index (κ2) is 7.18. The van der Waals surface area contributed by atoms with Crippen LogP contribution in [0.15, 0.2) is 42.5 Å². The van der Waals surface area contributed by atoms with Crippen LogP contribution in [0.3, 0.4) is 0 Å². The Morgan fingerprint density at radius 3 is 2.17 bits per heavy atom. The minimum absolute atomic E-state index is 0.0455. The first-order chi connectivity index (χ1) is 11.4. The van der Waals surface area contributed by atoms with Gasteiger partial charge >= 0.3 is 5.97 Å². The van der Waals surface area contributed by atoms with Gasteiger partial charge in [0.2, 0.25) is 0 Å². The molecule has 2 aromatic carbocycles. The largest absolute Gasteiger partial charge is 0.482 e. The molecular weight excluding hydrogens is 320 g/mol. The molecule has 0 N–H and O–H groups in total. The summed E-state index contributed by atoms with van der Waals surface area (Å²) in [5.41, 5.74) is 0.240. The van der Waals surface area contributed by atoms with Crippen LogP contribution >= 0.6 is 0 Å². The van der Waals surface area contributed by atoms with E-state index >= 15 is 0 Å².